The van der Waals surface area contributed by atoms with Gasteiger partial charge in [-0.3, -0.25) is 4.90 Å². The summed E-state index contributed by atoms with van der Waals surface area (Å²) in [5, 5.41) is 10.8. The molecule has 18 heavy (non-hydrogen) atoms. The zero-order valence-corrected chi connectivity index (χ0v) is 11.7. The first-order chi connectivity index (χ1) is 8.81. The number of nitrogens with zero attached hydrogens (tertiary/aromatic N) is 1. The first-order valence-electron chi connectivity index (χ1n) is 8.24. The minimum atomic E-state index is -0.0524. The fourth-order valence-corrected chi connectivity index (χ4v) is 4.45. The molecule has 0 spiro atoms. The number of hydrogen-bond donors (Lipinski definition) is 1. The van der Waals surface area contributed by atoms with E-state index >= 15 is 0 Å². The number of hydrogen-bond acceptors (Lipinski definition) is 2. The molecular weight excluding hydrogens is 222 g/mol. The lowest BCUT2D eigenvalue weighted by molar-refractivity contribution is -0.0535. The molecule has 3 aliphatic rings. The van der Waals surface area contributed by atoms with Gasteiger partial charge < -0.3 is 5.11 Å². The second-order valence-corrected chi connectivity index (χ2v) is 6.91. The van der Waals surface area contributed by atoms with Gasteiger partial charge in [-0.15, -0.1) is 0 Å². The first-order valence-corrected chi connectivity index (χ1v) is 8.24. The average Bonchev–Trinajstić information content (AvgIpc) is 2.85. The Kier molecular flexibility index (Phi) is 3.95. The van der Waals surface area contributed by atoms with Crippen LogP contribution in [-0.4, -0.2) is 34.7 Å². The van der Waals surface area contributed by atoms with Crippen molar-refractivity contribution in [2.24, 2.45) is 5.92 Å². The van der Waals surface area contributed by atoms with Crippen molar-refractivity contribution in [2.45, 2.75) is 82.3 Å². The Labute approximate surface area is 112 Å². The van der Waals surface area contributed by atoms with Crippen molar-refractivity contribution in [3.63, 3.8) is 0 Å². The van der Waals surface area contributed by atoms with E-state index in [1.54, 1.807) is 0 Å². The third kappa shape index (κ3) is 2.34. The maximum Gasteiger partial charge on any atom is 0.0726 e. The Morgan fingerprint density at radius 2 is 1.61 bits per heavy atom. The SMILES string of the molecule is OC(CC1CCC1)C1(N2CCCCC2)CCCC1. The number of aliphatic hydroxyl groups is 1. The molecule has 2 saturated carbocycles. The van der Waals surface area contributed by atoms with Crippen molar-refractivity contribution >= 4 is 0 Å². The van der Waals surface area contributed by atoms with E-state index in [2.05, 4.69) is 4.90 Å². The first kappa shape index (κ1) is 12.9. The molecule has 1 N–H and O–H groups in total. The van der Waals surface area contributed by atoms with Gasteiger partial charge in [-0.05, 0) is 51.1 Å². The van der Waals surface area contributed by atoms with E-state index in [4.69, 9.17) is 0 Å². The minimum Gasteiger partial charge on any atom is -0.391 e. The number of piperidine rings is 1. The number of likely N-dealkylation sites (tertiary alicyclic amines) is 1. The van der Waals surface area contributed by atoms with Crippen molar-refractivity contribution in [3.8, 4) is 0 Å². The summed E-state index contributed by atoms with van der Waals surface area (Å²) in [6.07, 6.45) is 14.4. The van der Waals surface area contributed by atoms with Crippen LogP contribution < -0.4 is 0 Å². The van der Waals surface area contributed by atoms with Crippen molar-refractivity contribution in [3.05, 3.63) is 0 Å². The van der Waals surface area contributed by atoms with Crippen molar-refractivity contribution in [1.29, 1.82) is 0 Å². The summed E-state index contributed by atoms with van der Waals surface area (Å²) < 4.78 is 0. The molecule has 3 fully saturated rings. The largest absolute Gasteiger partial charge is 0.391 e. The van der Waals surface area contributed by atoms with Gasteiger partial charge in [0.2, 0.25) is 0 Å². The predicted octanol–water partition coefficient (Wildman–Crippen LogP) is 3.34. The smallest absolute Gasteiger partial charge is 0.0726 e. The average molecular weight is 251 g/mol. The standard InChI is InChI=1S/C16H29NO/c18-15(13-14-7-6-8-14)16(9-2-3-10-16)17-11-4-1-5-12-17/h14-15,18H,1-13H2. The van der Waals surface area contributed by atoms with E-state index in [1.165, 1.54) is 77.3 Å². The zero-order valence-electron chi connectivity index (χ0n) is 11.7. The Morgan fingerprint density at radius 1 is 0.944 bits per heavy atom. The van der Waals surface area contributed by atoms with Crippen LogP contribution in [0.3, 0.4) is 0 Å². The monoisotopic (exact) mass is 251 g/mol. The van der Waals surface area contributed by atoms with E-state index in [1.807, 2.05) is 0 Å². The highest BCUT2D eigenvalue weighted by Gasteiger charge is 2.46. The molecule has 1 saturated heterocycles. The highest BCUT2D eigenvalue weighted by molar-refractivity contribution is 5.02. The minimum absolute atomic E-state index is 0.0524. The summed E-state index contributed by atoms with van der Waals surface area (Å²) in [5.74, 6) is 0.835. The molecule has 0 amide bonds. The van der Waals surface area contributed by atoms with Crippen LogP contribution >= 0.6 is 0 Å². The van der Waals surface area contributed by atoms with Gasteiger partial charge in [0.1, 0.15) is 0 Å². The Bertz CT molecular complexity index is 262. The van der Waals surface area contributed by atoms with Crippen LogP contribution in [0.4, 0.5) is 0 Å². The maximum absolute atomic E-state index is 10.8. The summed E-state index contributed by atoms with van der Waals surface area (Å²) in [6.45, 7) is 2.48. The molecule has 104 valence electrons. The molecule has 0 aromatic heterocycles. The van der Waals surface area contributed by atoms with Gasteiger partial charge in [-0.25, -0.2) is 0 Å². The number of aliphatic hydroxyl groups excluding tert-OH is 1. The zero-order chi connectivity index (χ0) is 12.4. The second kappa shape index (κ2) is 5.50. The van der Waals surface area contributed by atoms with E-state index in [9.17, 15) is 5.11 Å². The molecule has 1 heterocycles. The Hall–Kier alpha value is -0.0800. The molecule has 3 rings (SSSR count). The van der Waals surface area contributed by atoms with Crippen LogP contribution in [0, 0.1) is 5.92 Å². The topological polar surface area (TPSA) is 23.5 Å². The third-order valence-corrected chi connectivity index (χ3v) is 5.86. The van der Waals surface area contributed by atoms with Crippen molar-refractivity contribution in [1.82, 2.24) is 4.90 Å². The molecule has 0 bridgehead atoms. The summed E-state index contributed by atoms with van der Waals surface area (Å²) >= 11 is 0. The van der Waals surface area contributed by atoms with Crippen molar-refractivity contribution in [2.75, 3.05) is 13.1 Å². The normalized spacial score (nSPS) is 31.2. The molecule has 0 radical (unpaired) electrons. The van der Waals surface area contributed by atoms with Gasteiger partial charge in [0.15, 0.2) is 0 Å². The summed E-state index contributed by atoms with van der Waals surface area (Å²) in [5.41, 5.74) is 0.177. The Balaban J connectivity index is 1.68. The fraction of sp³-hybridized carbons (Fsp3) is 1.00. The van der Waals surface area contributed by atoms with Crippen LogP contribution in [-0.2, 0) is 0 Å². The molecule has 2 heteroatoms. The quantitative estimate of drug-likeness (QED) is 0.828. The molecule has 1 atom stereocenters. The molecule has 0 aromatic rings. The van der Waals surface area contributed by atoms with Crippen LogP contribution in [0.25, 0.3) is 0 Å². The van der Waals surface area contributed by atoms with Crippen molar-refractivity contribution < 1.29 is 5.11 Å². The van der Waals surface area contributed by atoms with Gasteiger partial charge in [-0.2, -0.15) is 0 Å². The van der Waals surface area contributed by atoms with Gasteiger partial charge in [0.25, 0.3) is 0 Å². The van der Waals surface area contributed by atoms with E-state index in [0.717, 1.165) is 12.3 Å². The van der Waals surface area contributed by atoms with E-state index in [0.29, 0.717) is 0 Å². The molecular formula is C16H29NO. The van der Waals surface area contributed by atoms with Gasteiger partial charge in [0, 0.05) is 5.54 Å². The van der Waals surface area contributed by atoms with Crippen LogP contribution in [0.1, 0.15) is 70.6 Å². The van der Waals surface area contributed by atoms with Crippen LogP contribution in [0.2, 0.25) is 0 Å². The van der Waals surface area contributed by atoms with E-state index in [-0.39, 0.29) is 11.6 Å². The summed E-state index contributed by atoms with van der Waals surface area (Å²) in [7, 11) is 0. The van der Waals surface area contributed by atoms with E-state index < -0.39 is 0 Å². The van der Waals surface area contributed by atoms with Gasteiger partial charge in [-0.1, -0.05) is 38.5 Å². The molecule has 2 aliphatic carbocycles. The maximum atomic E-state index is 10.8. The molecule has 0 aromatic carbocycles. The predicted molar refractivity (Wildman–Crippen MR) is 74.6 cm³/mol. The van der Waals surface area contributed by atoms with Gasteiger partial charge in [0.05, 0.1) is 6.10 Å². The lowest BCUT2D eigenvalue weighted by Crippen LogP contribution is -2.57. The van der Waals surface area contributed by atoms with Crippen LogP contribution in [0.15, 0.2) is 0 Å². The molecule has 2 nitrogen and oxygen atoms in total. The highest BCUT2D eigenvalue weighted by atomic mass is 16.3. The fourth-order valence-electron chi connectivity index (χ4n) is 4.45. The summed E-state index contributed by atoms with van der Waals surface area (Å²) in [4.78, 5) is 2.67. The highest BCUT2D eigenvalue weighted by Crippen LogP contribution is 2.43. The molecule has 1 unspecified atom stereocenters. The lowest BCUT2D eigenvalue weighted by atomic mass is 9.75. The Morgan fingerprint density at radius 3 is 2.17 bits per heavy atom. The summed E-state index contributed by atoms with van der Waals surface area (Å²) in [6, 6.07) is 0. The number of rotatable bonds is 4. The van der Waals surface area contributed by atoms with Crippen LogP contribution in [0.5, 0.6) is 0 Å². The molecule has 1 aliphatic heterocycles. The van der Waals surface area contributed by atoms with Gasteiger partial charge >= 0.3 is 0 Å². The lowest BCUT2D eigenvalue weighted by Gasteiger charge is -2.48. The second-order valence-electron chi connectivity index (χ2n) is 6.91. The third-order valence-electron chi connectivity index (χ3n) is 5.86.